The molecular formula is C22H22ClN3O4S. The van der Waals surface area contributed by atoms with Crippen molar-refractivity contribution in [2.45, 2.75) is 31.5 Å². The zero-order valence-electron chi connectivity index (χ0n) is 17.0. The summed E-state index contributed by atoms with van der Waals surface area (Å²) in [4.78, 5) is 30.1. The maximum atomic E-state index is 12.8. The van der Waals surface area contributed by atoms with Crippen LogP contribution in [-0.4, -0.2) is 34.4 Å². The average Bonchev–Trinajstić information content (AvgIpc) is 3.00. The Morgan fingerprint density at radius 3 is 2.74 bits per heavy atom. The highest BCUT2D eigenvalue weighted by Gasteiger charge is 2.17. The summed E-state index contributed by atoms with van der Waals surface area (Å²) in [6.45, 7) is 3.63. The quantitative estimate of drug-likeness (QED) is 0.436. The Balaban J connectivity index is 1.52. The number of ether oxygens (including phenoxy) is 2. The molecule has 0 radical (unpaired) electrons. The van der Waals surface area contributed by atoms with Crippen molar-refractivity contribution in [3.05, 3.63) is 51.8 Å². The van der Waals surface area contributed by atoms with Gasteiger partial charge in [0.2, 0.25) is 5.91 Å². The van der Waals surface area contributed by atoms with Gasteiger partial charge in [-0.2, -0.15) is 0 Å². The van der Waals surface area contributed by atoms with Crippen LogP contribution in [0, 0.1) is 0 Å². The van der Waals surface area contributed by atoms with Crippen molar-refractivity contribution < 1.29 is 14.3 Å². The van der Waals surface area contributed by atoms with Crippen molar-refractivity contribution in [3.63, 3.8) is 0 Å². The molecule has 1 aromatic heterocycles. The van der Waals surface area contributed by atoms with Crippen LogP contribution in [0.1, 0.15) is 19.8 Å². The van der Waals surface area contributed by atoms with Crippen LogP contribution >= 0.6 is 23.4 Å². The van der Waals surface area contributed by atoms with Gasteiger partial charge in [-0.15, -0.1) is 0 Å². The van der Waals surface area contributed by atoms with Crippen LogP contribution in [0.4, 0.5) is 5.69 Å². The predicted molar refractivity (Wildman–Crippen MR) is 123 cm³/mol. The van der Waals surface area contributed by atoms with E-state index in [1.807, 2.05) is 19.1 Å². The number of fused-ring (bicyclic) bond motifs is 2. The normalized spacial score (nSPS) is 13.1. The van der Waals surface area contributed by atoms with E-state index in [0.717, 1.165) is 12.8 Å². The second kappa shape index (κ2) is 9.62. The van der Waals surface area contributed by atoms with E-state index in [0.29, 0.717) is 58.0 Å². The third-order valence-electron chi connectivity index (χ3n) is 4.72. The summed E-state index contributed by atoms with van der Waals surface area (Å²) in [5.41, 5.74) is 0.976. The molecule has 0 saturated carbocycles. The summed E-state index contributed by atoms with van der Waals surface area (Å²) in [5, 5.41) is 4.27. The average molecular weight is 460 g/mol. The van der Waals surface area contributed by atoms with Gasteiger partial charge in [-0.25, -0.2) is 4.98 Å². The van der Waals surface area contributed by atoms with Crippen molar-refractivity contribution in [3.8, 4) is 11.5 Å². The molecule has 1 N–H and O–H groups in total. The number of nitrogens with zero attached hydrogens (tertiary/aromatic N) is 2. The minimum atomic E-state index is -0.258. The number of aromatic nitrogens is 2. The van der Waals surface area contributed by atoms with Gasteiger partial charge in [0.15, 0.2) is 16.7 Å². The van der Waals surface area contributed by atoms with Gasteiger partial charge in [0.25, 0.3) is 5.56 Å². The number of amides is 1. The molecule has 7 nitrogen and oxygen atoms in total. The molecule has 1 amide bonds. The molecule has 0 saturated heterocycles. The molecule has 1 aliphatic rings. The van der Waals surface area contributed by atoms with Crippen LogP contribution in [0.3, 0.4) is 0 Å². The third-order valence-corrected chi connectivity index (χ3v) is 6.01. The van der Waals surface area contributed by atoms with Gasteiger partial charge in [-0.05, 0) is 18.6 Å². The number of anilines is 1. The fraction of sp³-hybridized carbons (Fsp3) is 0.318. The van der Waals surface area contributed by atoms with Gasteiger partial charge >= 0.3 is 0 Å². The van der Waals surface area contributed by atoms with Crippen LogP contribution in [-0.2, 0) is 11.3 Å². The van der Waals surface area contributed by atoms with E-state index in [-0.39, 0.29) is 17.2 Å². The van der Waals surface area contributed by atoms with Crippen LogP contribution in [0.5, 0.6) is 11.5 Å². The number of rotatable bonds is 6. The number of hydrogen-bond acceptors (Lipinski definition) is 6. The zero-order chi connectivity index (χ0) is 21.8. The van der Waals surface area contributed by atoms with Crippen LogP contribution in [0.2, 0.25) is 5.02 Å². The molecule has 0 fully saturated rings. The second-order valence-corrected chi connectivity index (χ2v) is 8.38. The number of carbonyl (C=O) groups excluding carboxylic acids is 1. The van der Waals surface area contributed by atoms with Gasteiger partial charge in [-0.3, -0.25) is 14.2 Å². The number of para-hydroxylation sites is 1. The van der Waals surface area contributed by atoms with E-state index < -0.39 is 0 Å². The van der Waals surface area contributed by atoms with Gasteiger partial charge in [0, 0.05) is 25.1 Å². The fourth-order valence-electron chi connectivity index (χ4n) is 3.27. The molecule has 3 aromatic rings. The molecule has 9 heteroatoms. The summed E-state index contributed by atoms with van der Waals surface area (Å²) >= 11 is 7.54. The summed E-state index contributed by atoms with van der Waals surface area (Å²) in [6, 6.07) is 10.5. The third kappa shape index (κ3) is 4.80. The lowest BCUT2D eigenvalue weighted by atomic mass is 10.2. The SMILES string of the molecule is CCCn1c(SCC(=O)Nc2cc3c(cc2Cl)OCCCO3)nc2ccccc2c1=O. The minimum Gasteiger partial charge on any atom is -0.490 e. The molecule has 31 heavy (non-hydrogen) atoms. The number of hydrogen-bond donors (Lipinski definition) is 1. The number of benzene rings is 2. The van der Waals surface area contributed by atoms with Crippen LogP contribution < -0.4 is 20.3 Å². The molecule has 2 aromatic carbocycles. The monoisotopic (exact) mass is 459 g/mol. The Morgan fingerprint density at radius 1 is 1.23 bits per heavy atom. The summed E-state index contributed by atoms with van der Waals surface area (Å²) in [7, 11) is 0. The number of carbonyl (C=O) groups is 1. The lowest BCUT2D eigenvalue weighted by molar-refractivity contribution is -0.113. The summed E-state index contributed by atoms with van der Waals surface area (Å²) in [6.07, 6.45) is 1.56. The lowest BCUT2D eigenvalue weighted by Crippen LogP contribution is -2.24. The summed E-state index contributed by atoms with van der Waals surface area (Å²) < 4.78 is 12.9. The first-order valence-electron chi connectivity index (χ1n) is 10.1. The first-order valence-corrected chi connectivity index (χ1v) is 11.4. The highest BCUT2D eigenvalue weighted by Crippen LogP contribution is 2.37. The Bertz CT molecular complexity index is 1180. The Kier molecular flexibility index (Phi) is 6.67. The van der Waals surface area contributed by atoms with E-state index in [1.54, 1.807) is 28.8 Å². The largest absolute Gasteiger partial charge is 0.490 e. The maximum absolute atomic E-state index is 12.8. The standard InChI is InChI=1S/C22H22ClN3O4S/c1-2-8-26-21(28)14-6-3-4-7-16(14)25-22(26)31-13-20(27)24-17-12-19-18(11-15(17)23)29-9-5-10-30-19/h3-4,6-7,11-12H,2,5,8-10,13H2,1H3,(H,24,27). The second-order valence-electron chi connectivity index (χ2n) is 7.03. The molecule has 1 aliphatic heterocycles. The molecule has 0 unspecified atom stereocenters. The topological polar surface area (TPSA) is 82.5 Å². The highest BCUT2D eigenvalue weighted by atomic mass is 35.5. The molecule has 0 bridgehead atoms. The van der Waals surface area contributed by atoms with E-state index in [4.69, 9.17) is 21.1 Å². The fourth-order valence-corrected chi connectivity index (χ4v) is 4.30. The van der Waals surface area contributed by atoms with Gasteiger partial charge < -0.3 is 14.8 Å². The molecule has 2 heterocycles. The molecular weight excluding hydrogens is 438 g/mol. The smallest absolute Gasteiger partial charge is 0.262 e. The van der Waals surface area contributed by atoms with Gasteiger partial charge in [0.05, 0.1) is 40.6 Å². The molecule has 0 spiro atoms. The highest BCUT2D eigenvalue weighted by molar-refractivity contribution is 7.99. The van der Waals surface area contributed by atoms with E-state index in [2.05, 4.69) is 10.3 Å². The Labute approximate surface area is 188 Å². The van der Waals surface area contributed by atoms with Crippen molar-refractivity contribution in [2.75, 3.05) is 24.3 Å². The van der Waals surface area contributed by atoms with Crippen LogP contribution in [0.15, 0.2) is 46.3 Å². The van der Waals surface area contributed by atoms with Crippen LogP contribution in [0.25, 0.3) is 10.9 Å². The number of nitrogens with one attached hydrogen (secondary N) is 1. The van der Waals surface area contributed by atoms with E-state index in [9.17, 15) is 9.59 Å². The zero-order valence-corrected chi connectivity index (χ0v) is 18.6. The van der Waals surface area contributed by atoms with Crippen molar-refractivity contribution in [1.82, 2.24) is 9.55 Å². The predicted octanol–water partition coefficient (Wildman–Crippen LogP) is 4.35. The van der Waals surface area contributed by atoms with Gasteiger partial charge in [0.1, 0.15) is 0 Å². The minimum absolute atomic E-state index is 0.0826. The molecule has 162 valence electrons. The van der Waals surface area contributed by atoms with E-state index in [1.165, 1.54) is 11.8 Å². The Morgan fingerprint density at radius 2 is 1.97 bits per heavy atom. The van der Waals surface area contributed by atoms with Crippen molar-refractivity contribution in [1.29, 1.82) is 0 Å². The number of thioether (sulfide) groups is 1. The number of halogens is 1. The van der Waals surface area contributed by atoms with E-state index >= 15 is 0 Å². The molecule has 0 atom stereocenters. The molecule has 0 aliphatic carbocycles. The first kappa shape index (κ1) is 21.5. The van der Waals surface area contributed by atoms with Gasteiger partial charge in [-0.1, -0.05) is 42.4 Å². The first-order chi connectivity index (χ1) is 15.1. The summed E-state index contributed by atoms with van der Waals surface area (Å²) in [5.74, 6) is 0.947. The molecule has 4 rings (SSSR count). The van der Waals surface area contributed by atoms with Crippen molar-refractivity contribution >= 4 is 45.9 Å². The Hall–Kier alpha value is -2.71. The van der Waals surface area contributed by atoms with Crippen molar-refractivity contribution in [2.24, 2.45) is 0 Å². The lowest BCUT2D eigenvalue weighted by Gasteiger charge is -2.14. The maximum Gasteiger partial charge on any atom is 0.262 e.